The standard InChI is InChI=1S/C20H27N3O7/c1-9(2)14-12(7-10-3-5-11(6-4-10)18(21)28)19(23-22-14)30-20-17(27)16(26)15(25)13(8-24)29-20/h3-6,9,13,15-17,20,24-27H,7-8H2,1-2H3,(H2,21,28)(H,22,23)/t13-,15-,16+,17-,20+/m1/s1. The molecule has 0 radical (unpaired) electrons. The van der Waals surface area contributed by atoms with Crippen LogP contribution in [0, 0.1) is 0 Å². The summed E-state index contributed by atoms with van der Waals surface area (Å²) in [6.07, 6.45) is -6.56. The van der Waals surface area contributed by atoms with E-state index in [0.29, 0.717) is 17.5 Å². The molecule has 164 valence electrons. The number of benzene rings is 1. The van der Waals surface area contributed by atoms with Crippen LogP contribution in [-0.4, -0.2) is 73.8 Å². The number of aliphatic hydroxyl groups is 4. The molecule has 1 amide bonds. The summed E-state index contributed by atoms with van der Waals surface area (Å²) in [7, 11) is 0. The first-order chi connectivity index (χ1) is 14.2. The number of carbonyl (C=O) groups is 1. The third-order valence-electron chi connectivity index (χ3n) is 5.13. The number of nitrogens with zero attached hydrogens (tertiary/aromatic N) is 1. The lowest BCUT2D eigenvalue weighted by Crippen LogP contribution is -2.60. The summed E-state index contributed by atoms with van der Waals surface area (Å²) >= 11 is 0. The number of carbonyl (C=O) groups excluding carboxylic acids is 1. The molecule has 1 fully saturated rings. The zero-order valence-corrected chi connectivity index (χ0v) is 16.7. The molecule has 30 heavy (non-hydrogen) atoms. The Labute approximate surface area is 173 Å². The Kier molecular flexibility index (Phi) is 6.74. The Balaban J connectivity index is 1.86. The van der Waals surface area contributed by atoms with Gasteiger partial charge in [-0.05, 0) is 23.6 Å². The van der Waals surface area contributed by atoms with Crippen LogP contribution in [0.4, 0.5) is 0 Å². The number of ether oxygens (including phenoxy) is 2. The second-order valence-corrected chi connectivity index (χ2v) is 7.63. The summed E-state index contributed by atoms with van der Waals surface area (Å²) < 4.78 is 11.2. The molecule has 0 unspecified atom stereocenters. The molecule has 1 aliphatic heterocycles. The van der Waals surface area contributed by atoms with Crippen LogP contribution in [0.1, 0.15) is 46.9 Å². The van der Waals surface area contributed by atoms with Crippen molar-refractivity contribution in [1.82, 2.24) is 10.2 Å². The third kappa shape index (κ3) is 4.47. The van der Waals surface area contributed by atoms with Gasteiger partial charge < -0.3 is 35.6 Å². The van der Waals surface area contributed by atoms with Crippen LogP contribution >= 0.6 is 0 Å². The molecule has 0 bridgehead atoms. The van der Waals surface area contributed by atoms with Crippen molar-refractivity contribution in [2.75, 3.05) is 6.61 Å². The monoisotopic (exact) mass is 421 g/mol. The Hall–Kier alpha value is -2.50. The molecular weight excluding hydrogens is 394 g/mol. The zero-order valence-electron chi connectivity index (χ0n) is 16.7. The van der Waals surface area contributed by atoms with Crippen LogP contribution in [0.25, 0.3) is 0 Å². The molecule has 1 aliphatic rings. The topological polar surface area (TPSA) is 171 Å². The van der Waals surface area contributed by atoms with E-state index < -0.39 is 43.2 Å². The summed E-state index contributed by atoms with van der Waals surface area (Å²) in [6.45, 7) is 3.40. The van der Waals surface area contributed by atoms with Gasteiger partial charge in [-0.3, -0.25) is 9.89 Å². The van der Waals surface area contributed by atoms with E-state index in [9.17, 15) is 25.2 Å². The van der Waals surface area contributed by atoms with Crippen molar-refractivity contribution in [2.24, 2.45) is 5.73 Å². The lowest BCUT2D eigenvalue weighted by molar-refractivity contribution is -0.278. The van der Waals surface area contributed by atoms with E-state index in [1.54, 1.807) is 24.3 Å². The first kappa shape index (κ1) is 22.2. The summed E-state index contributed by atoms with van der Waals surface area (Å²) in [5, 5.41) is 46.6. The van der Waals surface area contributed by atoms with Gasteiger partial charge in [-0.1, -0.05) is 26.0 Å². The number of aromatic nitrogens is 2. The molecule has 7 N–H and O–H groups in total. The van der Waals surface area contributed by atoms with Gasteiger partial charge in [-0.15, -0.1) is 5.10 Å². The number of rotatable bonds is 7. The number of nitrogens with one attached hydrogen (secondary N) is 1. The maximum Gasteiger partial charge on any atom is 0.248 e. The summed E-state index contributed by atoms with van der Waals surface area (Å²) in [4.78, 5) is 11.3. The van der Waals surface area contributed by atoms with Gasteiger partial charge in [0.2, 0.25) is 18.1 Å². The van der Waals surface area contributed by atoms with Gasteiger partial charge in [0.15, 0.2) is 0 Å². The predicted octanol–water partition coefficient (Wildman–Crippen LogP) is -0.598. The van der Waals surface area contributed by atoms with E-state index >= 15 is 0 Å². The van der Waals surface area contributed by atoms with Crippen LogP contribution < -0.4 is 10.5 Å². The van der Waals surface area contributed by atoms with E-state index in [0.717, 1.165) is 11.3 Å². The minimum atomic E-state index is -1.55. The van der Waals surface area contributed by atoms with E-state index in [1.807, 2.05) is 13.8 Å². The van der Waals surface area contributed by atoms with Gasteiger partial charge >= 0.3 is 0 Å². The molecule has 5 atom stereocenters. The number of hydrogen-bond acceptors (Lipinski definition) is 8. The van der Waals surface area contributed by atoms with Crippen molar-refractivity contribution >= 4 is 5.91 Å². The van der Waals surface area contributed by atoms with Crippen LogP contribution in [0.2, 0.25) is 0 Å². The van der Waals surface area contributed by atoms with Gasteiger partial charge in [-0.25, -0.2) is 0 Å². The van der Waals surface area contributed by atoms with Crippen LogP contribution in [0.15, 0.2) is 24.3 Å². The highest BCUT2D eigenvalue weighted by Crippen LogP contribution is 2.31. The molecule has 0 spiro atoms. The molecule has 1 saturated heterocycles. The second-order valence-electron chi connectivity index (χ2n) is 7.63. The Morgan fingerprint density at radius 2 is 1.87 bits per heavy atom. The van der Waals surface area contributed by atoms with Gasteiger partial charge in [0.1, 0.15) is 24.4 Å². The highest BCUT2D eigenvalue weighted by Gasteiger charge is 2.45. The molecule has 2 aromatic rings. The molecule has 0 saturated carbocycles. The molecule has 1 aromatic heterocycles. The van der Waals surface area contributed by atoms with Gasteiger partial charge in [0.25, 0.3) is 0 Å². The lowest BCUT2D eigenvalue weighted by atomic mass is 9.98. The van der Waals surface area contributed by atoms with Crippen molar-refractivity contribution < 1.29 is 34.7 Å². The van der Waals surface area contributed by atoms with E-state index in [2.05, 4.69) is 10.2 Å². The van der Waals surface area contributed by atoms with Gasteiger partial charge in [-0.2, -0.15) is 0 Å². The average molecular weight is 421 g/mol. The first-order valence-electron chi connectivity index (χ1n) is 9.66. The van der Waals surface area contributed by atoms with Crippen molar-refractivity contribution in [1.29, 1.82) is 0 Å². The van der Waals surface area contributed by atoms with E-state index in [-0.39, 0.29) is 11.8 Å². The number of primary amides is 1. The molecule has 0 aliphatic carbocycles. The number of hydrogen-bond donors (Lipinski definition) is 6. The fourth-order valence-electron chi connectivity index (χ4n) is 3.37. The Morgan fingerprint density at radius 3 is 2.43 bits per heavy atom. The quantitative estimate of drug-likeness (QED) is 0.344. The van der Waals surface area contributed by atoms with E-state index in [1.165, 1.54) is 0 Å². The zero-order chi connectivity index (χ0) is 22.0. The third-order valence-corrected chi connectivity index (χ3v) is 5.13. The molecular formula is C20H27N3O7. The number of amides is 1. The fourth-order valence-corrected chi connectivity index (χ4v) is 3.37. The fraction of sp³-hybridized carbons (Fsp3) is 0.500. The number of H-pyrrole nitrogens is 1. The highest BCUT2D eigenvalue weighted by atomic mass is 16.7. The first-order valence-corrected chi connectivity index (χ1v) is 9.66. The van der Waals surface area contributed by atoms with Crippen LogP contribution in [-0.2, 0) is 11.2 Å². The van der Waals surface area contributed by atoms with Crippen molar-refractivity contribution in [3.8, 4) is 5.88 Å². The van der Waals surface area contributed by atoms with Gasteiger partial charge in [0, 0.05) is 23.2 Å². The second kappa shape index (κ2) is 9.11. The van der Waals surface area contributed by atoms with Crippen LogP contribution in [0.3, 0.4) is 0 Å². The summed E-state index contributed by atoms with van der Waals surface area (Å²) in [5.74, 6) is -0.258. The van der Waals surface area contributed by atoms with E-state index in [4.69, 9.17) is 15.2 Å². The molecule has 10 heteroatoms. The minimum Gasteiger partial charge on any atom is -0.443 e. The number of nitrogens with two attached hydrogens (primary N) is 1. The lowest BCUT2D eigenvalue weighted by Gasteiger charge is -2.39. The van der Waals surface area contributed by atoms with Crippen LogP contribution in [0.5, 0.6) is 5.88 Å². The average Bonchev–Trinajstić information content (AvgIpc) is 3.11. The summed E-state index contributed by atoms with van der Waals surface area (Å²) in [5.41, 5.74) is 8.08. The molecule has 2 heterocycles. The SMILES string of the molecule is CC(C)c1[nH]nc(O[C@@H]2O[C@H](CO)[C@@H](O)[C@H](O)[C@H]2O)c1Cc1ccc(C(N)=O)cc1. The van der Waals surface area contributed by atoms with Crippen molar-refractivity contribution in [2.45, 2.75) is 56.9 Å². The molecule has 10 nitrogen and oxygen atoms in total. The molecule has 1 aromatic carbocycles. The van der Waals surface area contributed by atoms with Crippen molar-refractivity contribution in [3.63, 3.8) is 0 Å². The number of aliphatic hydroxyl groups excluding tert-OH is 4. The highest BCUT2D eigenvalue weighted by molar-refractivity contribution is 5.92. The Morgan fingerprint density at radius 1 is 1.20 bits per heavy atom. The smallest absolute Gasteiger partial charge is 0.248 e. The maximum atomic E-state index is 11.3. The Bertz CT molecular complexity index is 866. The van der Waals surface area contributed by atoms with Gasteiger partial charge in [0.05, 0.1) is 6.61 Å². The largest absolute Gasteiger partial charge is 0.443 e. The number of aromatic amines is 1. The van der Waals surface area contributed by atoms with Crippen molar-refractivity contribution in [3.05, 3.63) is 46.6 Å². The molecule has 3 rings (SSSR count). The predicted molar refractivity (Wildman–Crippen MR) is 105 cm³/mol. The minimum absolute atomic E-state index is 0.0875. The maximum absolute atomic E-state index is 11.3. The normalized spacial score (nSPS) is 26.7. The summed E-state index contributed by atoms with van der Waals surface area (Å²) in [6, 6.07) is 6.81.